The lowest BCUT2D eigenvalue weighted by atomic mass is 10.4. The van der Waals surface area contributed by atoms with Crippen molar-refractivity contribution in [3.8, 4) is 0 Å². The zero-order valence-corrected chi connectivity index (χ0v) is 7.67. The monoisotopic (exact) mass is 189 g/mol. The Bertz CT molecular complexity index is 395. The average molecular weight is 189 g/mol. The molecule has 0 saturated heterocycles. The Morgan fingerprint density at radius 2 is 2.29 bits per heavy atom. The highest BCUT2D eigenvalue weighted by molar-refractivity contribution is 5.02. The van der Waals surface area contributed by atoms with Crippen molar-refractivity contribution >= 4 is 0 Å². The lowest BCUT2D eigenvalue weighted by molar-refractivity contribution is 0.732. The molecule has 0 atom stereocenters. The number of hydrogen-bond donors (Lipinski definition) is 1. The van der Waals surface area contributed by atoms with Gasteiger partial charge in [-0.15, -0.1) is 0 Å². The van der Waals surface area contributed by atoms with Crippen molar-refractivity contribution in [3.63, 3.8) is 0 Å². The van der Waals surface area contributed by atoms with Crippen LogP contribution in [0.5, 0.6) is 0 Å². The van der Waals surface area contributed by atoms with Gasteiger partial charge in [-0.1, -0.05) is 0 Å². The van der Waals surface area contributed by atoms with Crippen LogP contribution < -0.4 is 5.73 Å². The molecule has 0 bridgehead atoms. The quantitative estimate of drug-likeness (QED) is 0.747. The number of nitrogens with zero attached hydrogens (tertiary/aromatic N) is 4. The van der Waals surface area contributed by atoms with Gasteiger partial charge in [0.25, 0.3) is 0 Å². The number of aromatic nitrogens is 4. The minimum atomic E-state index is 0.444. The Balaban J connectivity index is 2.17. The summed E-state index contributed by atoms with van der Waals surface area (Å²) in [5.74, 6) is 0.756. The molecule has 0 aliphatic heterocycles. The Morgan fingerprint density at radius 3 is 3.00 bits per heavy atom. The summed E-state index contributed by atoms with van der Waals surface area (Å²) in [5, 5.41) is 0. The third kappa shape index (κ3) is 1.94. The smallest absolute Gasteiger partial charge is 0.148 e. The van der Waals surface area contributed by atoms with Gasteiger partial charge in [-0.2, -0.15) is 0 Å². The summed E-state index contributed by atoms with van der Waals surface area (Å²) in [5.41, 5.74) is 6.34. The van der Waals surface area contributed by atoms with Crippen LogP contribution in [0.3, 0.4) is 0 Å². The van der Waals surface area contributed by atoms with E-state index < -0.39 is 0 Å². The summed E-state index contributed by atoms with van der Waals surface area (Å²) in [4.78, 5) is 12.4. The summed E-state index contributed by atoms with van der Waals surface area (Å²) in [6, 6.07) is 1.82. The van der Waals surface area contributed by atoms with Gasteiger partial charge in [0.15, 0.2) is 0 Å². The summed E-state index contributed by atoms with van der Waals surface area (Å²) >= 11 is 0. The first-order chi connectivity index (χ1) is 6.88. The molecule has 14 heavy (non-hydrogen) atoms. The lowest BCUT2D eigenvalue weighted by Crippen LogP contribution is -2.06. The maximum absolute atomic E-state index is 5.48. The van der Waals surface area contributed by atoms with Gasteiger partial charge in [0.2, 0.25) is 0 Å². The van der Waals surface area contributed by atoms with Crippen molar-refractivity contribution in [2.24, 2.45) is 5.73 Å². The molecule has 5 heteroatoms. The normalized spacial score (nSPS) is 10.4. The van der Waals surface area contributed by atoms with E-state index in [9.17, 15) is 0 Å². The van der Waals surface area contributed by atoms with Gasteiger partial charge in [0, 0.05) is 25.1 Å². The minimum Gasteiger partial charge on any atom is -0.330 e. The molecule has 2 aromatic rings. The fraction of sp³-hybridized carbons (Fsp3) is 0.222. The SMILES string of the molecule is NCc1ccnc(Cn2ccnc2)n1. The molecule has 2 N–H and O–H groups in total. The van der Waals surface area contributed by atoms with Crippen LogP contribution in [0.25, 0.3) is 0 Å². The molecule has 2 heterocycles. The number of imidazole rings is 1. The molecule has 5 nitrogen and oxygen atoms in total. The molecule has 0 spiro atoms. The molecule has 0 aromatic carbocycles. The molecule has 2 rings (SSSR count). The average Bonchev–Trinajstić information content (AvgIpc) is 2.71. The molecule has 2 aromatic heterocycles. The number of rotatable bonds is 3. The third-order valence-corrected chi connectivity index (χ3v) is 1.86. The molecule has 0 amide bonds. The van der Waals surface area contributed by atoms with Crippen LogP contribution in [-0.2, 0) is 13.1 Å². The van der Waals surface area contributed by atoms with E-state index in [0.717, 1.165) is 11.5 Å². The van der Waals surface area contributed by atoms with Crippen molar-refractivity contribution in [1.82, 2.24) is 19.5 Å². The highest BCUT2D eigenvalue weighted by atomic mass is 15.1. The van der Waals surface area contributed by atoms with Gasteiger partial charge in [0.05, 0.1) is 18.6 Å². The van der Waals surface area contributed by atoms with Gasteiger partial charge >= 0.3 is 0 Å². The first-order valence-corrected chi connectivity index (χ1v) is 4.35. The molecule has 0 saturated carbocycles. The molecular weight excluding hydrogens is 178 g/mol. The Hall–Kier alpha value is -1.75. The van der Waals surface area contributed by atoms with Crippen LogP contribution in [0, 0.1) is 0 Å². The fourth-order valence-electron chi connectivity index (χ4n) is 1.17. The highest BCUT2D eigenvalue weighted by Gasteiger charge is 1.98. The second-order valence-electron chi connectivity index (χ2n) is 2.90. The first-order valence-electron chi connectivity index (χ1n) is 4.35. The van der Waals surface area contributed by atoms with Crippen LogP contribution in [0.15, 0.2) is 31.0 Å². The van der Waals surface area contributed by atoms with Crippen LogP contribution in [0.1, 0.15) is 11.5 Å². The van der Waals surface area contributed by atoms with Crippen LogP contribution in [-0.4, -0.2) is 19.5 Å². The van der Waals surface area contributed by atoms with Gasteiger partial charge in [-0.25, -0.2) is 15.0 Å². The Morgan fingerprint density at radius 1 is 1.36 bits per heavy atom. The Kier molecular flexibility index (Phi) is 2.51. The number of nitrogens with two attached hydrogens (primary N) is 1. The second-order valence-corrected chi connectivity index (χ2v) is 2.90. The largest absolute Gasteiger partial charge is 0.330 e. The predicted octanol–water partition coefficient (Wildman–Crippen LogP) is 0.180. The standard InChI is InChI=1S/C9H11N5/c10-5-8-1-2-12-9(13-8)6-14-4-3-11-7-14/h1-4,7H,5-6,10H2. The van der Waals surface area contributed by atoms with E-state index in [4.69, 9.17) is 5.73 Å². The predicted molar refractivity (Wildman–Crippen MR) is 51.3 cm³/mol. The molecule has 0 radical (unpaired) electrons. The Labute approximate surface area is 81.6 Å². The van der Waals surface area contributed by atoms with E-state index in [-0.39, 0.29) is 0 Å². The van der Waals surface area contributed by atoms with Gasteiger partial charge in [-0.05, 0) is 6.07 Å². The van der Waals surface area contributed by atoms with Crippen molar-refractivity contribution in [1.29, 1.82) is 0 Å². The minimum absolute atomic E-state index is 0.444. The zero-order valence-electron chi connectivity index (χ0n) is 7.67. The third-order valence-electron chi connectivity index (χ3n) is 1.86. The van der Waals surface area contributed by atoms with E-state index in [0.29, 0.717) is 13.1 Å². The highest BCUT2D eigenvalue weighted by Crippen LogP contribution is 1.97. The van der Waals surface area contributed by atoms with E-state index in [2.05, 4.69) is 15.0 Å². The maximum atomic E-state index is 5.48. The van der Waals surface area contributed by atoms with Crippen molar-refractivity contribution in [2.45, 2.75) is 13.1 Å². The molecular formula is C9H11N5. The van der Waals surface area contributed by atoms with Gasteiger partial charge < -0.3 is 10.3 Å². The summed E-state index contributed by atoms with van der Waals surface area (Å²) in [7, 11) is 0. The molecule has 72 valence electrons. The van der Waals surface area contributed by atoms with Crippen molar-refractivity contribution in [2.75, 3.05) is 0 Å². The fourth-order valence-corrected chi connectivity index (χ4v) is 1.17. The van der Waals surface area contributed by atoms with Crippen LogP contribution in [0.2, 0.25) is 0 Å². The van der Waals surface area contributed by atoms with Gasteiger partial charge in [-0.3, -0.25) is 0 Å². The van der Waals surface area contributed by atoms with Gasteiger partial charge in [0.1, 0.15) is 5.82 Å². The van der Waals surface area contributed by atoms with E-state index in [1.54, 1.807) is 18.7 Å². The lowest BCUT2D eigenvalue weighted by Gasteiger charge is -2.02. The van der Waals surface area contributed by atoms with Crippen molar-refractivity contribution in [3.05, 3.63) is 42.5 Å². The molecule has 0 fully saturated rings. The molecule has 0 unspecified atom stereocenters. The summed E-state index contributed by atoms with van der Waals surface area (Å²) in [6.07, 6.45) is 7.06. The van der Waals surface area contributed by atoms with E-state index in [1.807, 2.05) is 16.8 Å². The van der Waals surface area contributed by atoms with E-state index >= 15 is 0 Å². The molecule has 0 aliphatic rings. The number of hydrogen-bond acceptors (Lipinski definition) is 4. The second kappa shape index (κ2) is 3.97. The molecule has 0 aliphatic carbocycles. The van der Waals surface area contributed by atoms with Crippen LogP contribution >= 0.6 is 0 Å². The maximum Gasteiger partial charge on any atom is 0.148 e. The summed E-state index contributed by atoms with van der Waals surface area (Å²) in [6.45, 7) is 1.08. The van der Waals surface area contributed by atoms with Crippen molar-refractivity contribution < 1.29 is 0 Å². The van der Waals surface area contributed by atoms with Crippen LogP contribution in [0.4, 0.5) is 0 Å². The first kappa shape index (κ1) is 8.83. The zero-order chi connectivity index (χ0) is 9.80. The summed E-state index contributed by atoms with van der Waals surface area (Å²) < 4.78 is 1.91. The van der Waals surface area contributed by atoms with E-state index in [1.165, 1.54) is 0 Å². The topological polar surface area (TPSA) is 69.6 Å².